The van der Waals surface area contributed by atoms with Crippen molar-refractivity contribution in [2.24, 2.45) is 0 Å². The predicted octanol–water partition coefficient (Wildman–Crippen LogP) is 18.6. The maximum atomic E-state index is 2.43. The first kappa shape index (κ1) is 40.5. The van der Waals surface area contributed by atoms with Crippen molar-refractivity contribution in [3.05, 3.63) is 284 Å². The topological polar surface area (TPSA) is 3.24 Å². The lowest BCUT2D eigenvalue weighted by atomic mass is 9.74. The Hall–Kier alpha value is -8.78. The van der Waals surface area contributed by atoms with Gasteiger partial charge in [0.15, 0.2) is 0 Å². The highest BCUT2D eigenvalue weighted by Gasteiger charge is 2.41. The molecule has 0 N–H and O–H groups in total. The fourth-order valence-corrected chi connectivity index (χ4v) is 11.3. The lowest BCUT2D eigenvalue weighted by molar-refractivity contribution is 0.714. The number of benzene rings is 12. The van der Waals surface area contributed by atoms with Crippen LogP contribution in [-0.2, 0) is 5.41 Å². The highest BCUT2D eigenvalue weighted by molar-refractivity contribution is 6.22. The van der Waals surface area contributed by atoms with Crippen molar-refractivity contribution in [1.82, 2.24) is 0 Å². The number of fused-ring (bicyclic) bond motifs is 7. The van der Waals surface area contributed by atoms with E-state index in [1.165, 1.54) is 105 Å². The van der Waals surface area contributed by atoms with Crippen LogP contribution in [0.1, 0.15) is 23.6 Å². The zero-order chi connectivity index (χ0) is 45.9. The summed E-state index contributed by atoms with van der Waals surface area (Å²) in [5.41, 5.74) is 19.2. The van der Waals surface area contributed by atoms with Gasteiger partial charge in [0.1, 0.15) is 0 Å². The minimum atomic E-state index is -0.275. The Balaban J connectivity index is 0.971. The second kappa shape index (κ2) is 16.5. The van der Waals surface area contributed by atoms with Gasteiger partial charge in [0.05, 0.1) is 0 Å². The summed E-state index contributed by atoms with van der Waals surface area (Å²) in [4.78, 5) is 2.43. The molecule has 1 heteroatoms. The van der Waals surface area contributed by atoms with E-state index in [2.05, 4.69) is 279 Å². The first-order valence-electron chi connectivity index (χ1n) is 24.0. The summed E-state index contributed by atoms with van der Waals surface area (Å²) in [7, 11) is 0. The monoisotopic (exact) mass is 877 g/mol. The number of hydrogen-bond donors (Lipinski definition) is 0. The molecule has 0 aliphatic heterocycles. The van der Waals surface area contributed by atoms with Gasteiger partial charge in [-0.3, -0.25) is 0 Å². The standard InChI is InChI=1S/C68H47N/c1-68(54-25-9-4-10-26-54)64-31-16-15-29-60(64)62-45-57(39-41-65(62)68)69(56-27-17-24-51(43-56)52-33-32-46-18-11-12-23-50(46)42-52)55-37-34-47(35-38-55)53-36-40-59-58-28-13-14-30-61(58)66(48-19-5-2-6-20-48)67(63(59)44-53)49-21-7-3-8-22-49/h2-45H,1H3. The Morgan fingerprint density at radius 2 is 0.797 bits per heavy atom. The van der Waals surface area contributed by atoms with Gasteiger partial charge in [-0.1, -0.05) is 218 Å². The first-order valence-corrected chi connectivity index (χ1v) is 24.0. The van der Waals surface area contributed by atoms with Crippen molar-refractivity contribution in [3.63, 3.8) is 0 Å². The lowest BCUT2D eigenvalue weighted by Crippen LogP contribution is -2.22. The van der Waals surface area contributed by atoms with Crippen molar-refractivity contribution < 1.29 is 0 Å². The SMILES string of the molecule is CC1(c2ccccc2)c2ccccc2-c2cc(N(c3ccc(-c4ccc5c(c4)c(-c4ccccc4)c(-c4ccccc4)c4ccccc45)cc3)c3cccc(-c4ccc5ccccc5c4)c3)ccc21. The molecule has 1 aliphatic rings. The van der Waals surface area contributed by atoms with Crippen molar-refractivity contribution in [2.75, 3.05) is 4.90 Å². The van der Waals surface area contributed by atoms with E-state index in [1.807, 2.05) is 0 Å². The maximum absolute atomic E-state index is 2.43. The number of rotatable bonds is 8. The summed E-state index contributed by atoms with van der Waals surface area (Å²) in [6, 6.07) is 98.4. The molecule has 0 saturated carbocycles. The lowest BCUT2D eigenvalue weighted by Gasteiger charge is -2.30. The van der Waals surface area contributed by atoms with Gasteiger partial charge in [0.2, 0.25) is 0 Å². The Bertz CT molecular complexity index is 3890. The fraction of sp³-hybridized carbons (Fsp3) is 0.0294. The third-order valence-electron chi connectivity index (χ3n) is 14.7. The van der Waals surface area contributed by atoms with Crippen LogP contribution in [0.3, 0.4) is 0 Å². The third-order valence-corrected chi connectivity index (χ3v) is 14.7. The molecule has 1 aliphatic carbocycles. The molecule has 0 heterocycles. The quantitative estimate of drug-likeness (QED) is 0.138. The highest BCUT2D eigenvalue weighted by Crippen LogP contribution is 2.54. The Labute approximate surface area is 403 Å². The van der Waals surface area contributed by atoms with Crippen LogP contribution in [-0.4, -0.2) is 0 Å². The zero-order valence-electron chi connectivity index (χ0n) is 38.4. The van der Waals surface area contributed by atoms with Gasteiger partial charge in [-0.2, -0.15) is 0 Å². The number of anilines is 3. The zero-order valence-corrected chi connectivity index (χ0v) is 38.4. The van der Waals surface area contributed by atoms with E-state index in [0.717, 1.165) is 17.1 Å². The summed E-state index contributed by atoms with van der Waals surface area (Å²) in [5.74, 6) is 0. The average molecular weight is 878 g/mol. The van der Waals surface area contributed by atoms with Crippen LogP contribution in [0.25, 0.3) is 88.0 Å². The first-order chi connectivity index (χ1) is 34.1. The molecule has 0 radical (unpaired) electrons. The normalized spacial score (nSPS) is 13.9. The smallest absolute Gasteiger partial charge is 0.0468 e. The van der Waals surface area contributed by atoms with Crippen molar-refractivity contribution >= 4 is 49.4 Å². The summed E-state index contributed by atoms with van der Waals surface area (Å²) < 4.78 is 0. The summed E-state index contributed by atoms with van der Waals surface area (Å²) in [5, 5.41) is 7.50. The molecule has 69 heavy (non-hydrogen) atoms. The molecule has 0 spiro atoms. The molecule has 0 aromatic heterocycles. The molecule has 0 saturated heterocycles. The van der Waals surface area contributed by atoms with Crippen LogP contribution in [0, 0.1) is 0 Å². The second-order valence-electron chi connectivity index (χ2n) is 18.5. The fourth-order valence-electron chi connectivity index (χ4n) is 11.3. The van der Waals surface area contributed by atoms with Crippen molar-refractivity contribution in [2.45, 2.75) is 12.3 Å². The van der Waals surface area contributed by atoms with Gasteiger partial charge in [0, 0.05) is 22.5 Å². The van der Waals surface area contributed by atoms with Crippen molar-refractivity contribution in [1.29, 1.82) is 0 Å². The van der Waals surface area contributed by atoms with E-state index < -0.39 is 0 Å². The summed E-state index contributed by atoms with van der Waals surface area (Å²) >= 11 is 0. The molecule has 324 valence electrons. The Kier molecular flexibility index (Phi) is 9.70. The van der Waals surface area contributed by atoms with Crippen LogP contribution >= 0.6 is 0 Å². The molecule has 1 atom stereocenters. The van der Waals surface area contributed by atoms with E-state index >= 15 is 0 Å². The molecular weight excluding hydrogens is 831 g/mol. The molecule has 1 nitrogen and oxygen atoms in total. The van der Waals surface area contributed by atoms with Crippen LogP contribution in [0.15, 0.2) is 267 Å². The van der Waals surface area contributed by atoms with Gasteiger partial charge in [0.25, 0.3) is 0 Å². The molecular formula is C68H47N. The second-order valence-corrected chi connectivity index (χ2v) is 18.5. The van der Waals surface area contributed by atoms with Crippen LogP contribution in [0.4, 0.5) is 17.1 Å². The van der Waals surface area contributed by atoms with E-state index in [-0.39, 0.29) is 5.41 Å². The molecule has 12 aromatic rings. The van der Waals surface area contributed by atoms with E-state index in [1.54, 1.807) is 0 Å². The van der Waals surface area contributed by atoms with Crippen LogP contribution in [0.5, 0.6) is 0 Å². The van der Waals surface area contributed by atoms with Crippen LogP contribution < -0.4 is 4.90 Å². The predicted molar refractivity (Wildman–Crippen MR) is 293 cm³/mol. The van der Waals surface area contributed by atoms with Crippen molar-refractivity contribution in [3.8, 4) is 55.6 Å². The minimum absolute atomic E-state index is 0.275. The highest BCUT2D eigenvalue weighted by atomic mass is 15.1. The van der Waals surface area contributed by atoms with Gasteiger partial charge in [-0.05, 0) is 160 Å². The van der Waals surface area contributed by atoms with E-state index in [9.17, 15) is 0 Å². The van der Waals surface area contributed by atoms with Gasteiger partial charge < -0.3 is 4.90 Å². The van der Waals surface area contributed by atoms with Crippen LogP contribution in [0.2, 0.25) is 0 Å². The van der Waals surface area contributed by atoms with Gasteiger partial charge >= 0.3 is 0 Å². The largest absolute Gasteiger partial charge is 0.310 e. The molecule has 13 rings (SSSR count). The van der Waals surface area contributed by atoms with Gasteiger partial charge in [-0.15, -0.1) is 0 Å². The molecule has 1 unspecified atom stereocenters. The maximum Gasteiger partial charge on any atom is 0.0468 e. The number of nitrogens with zero attached hydrogens (tertiary/aromatic N) is 1. The summed E-state index contributed by atoms with van der Waals surface area (Å²) in [6.07, 6.45) is 0. The molecule has 0 fully saturated rings. The Morgan fingerprint density at radius 1 is 0.275 bits per heavy atom. The Morgan fingerprint density at radius 3 is 1.57 bits per heavy atom. The molecule has 0 amide bonds. The third kappa shape index (κ3) is 6.77. The minimum Gasteiger partial charge on any atom is -0.310 e. The summed E-state index contributed by atoms with van der Waals surface area (Å²) in [6.45, 7) is 2.39. The average Bonchev–Trinajstić information content (AvgIpc) is 3.69. The van der Waals surface area contributed by atoms with E-state index in [4.69, 9.17) is 0 Å². The van der Waals surface area contributed by atoms with E-state index in [0.29, 0.717) is 0 Å². The molecule has 12 aromatic carbocycles. The number of hydrogen-bond acceptors (Lipinski definition) is 1. The van der Waals surface area contributed by atoms with Gasteiger partial charge in [-0.25, -0.2) is 0 Å². The molecule has 0 bridgehead atoms.